The largest absolute Gasteiger partial charge is 0.395 e. The van der Waals surface area contributed by atoms with Gasteiger partial charge in [0.05, 0.1) is 11.5 Å². The molecule has 69 valence electrons. The molecular weight excluding hydrogens is 172 g/mol. The molecule has 1 aromatic carbocycles. The Kier molecular flexibility index (Phi) is 3.22. The highest BCUT2D eigenvalue weighted by atomic mass is 16.6. The van der Waals surface area contributed by atoms with Crippen LogP contribution in [0.25, 0.3) is 0 Å². The third kappa shape index (κ3) is 2.72. The number of nitro groups is 1. The molecule has 2 N–H and O–H groups in total. The van der Waals surface area contributed by atoms with Gasteiger partial charge in [0.1, 0.15) is 0 Å². The number of nitrogens with zero attached hydrogens (tertiary/aromatic N) is 1. The first-order valence-electron chi connectivity index (χ1n) is 3.75. The van der Waals surface area contributed by atoms with Crippen molar-refractivity contribution < 1.29 is 10.0 Å². The quantitative estimate of drug-likeness (QED) is 0.532. The van der Waals surface area contributed by atoms with Crippen molar-refractivity contribution in [1.29, 1.82) is 0 Å². The van der Waals surface area contributed by atoms with Crippen LogP contribution in [0.1, 0.15) is 0 Å². The number of anilines is 1. The Labute approximate surface area is 75.2 Å². The van der Waals surface area contributed by atoms with Gasteiger partial charge in [0.15, 0.2) is 0 Å². The number of nitrogens with one attached hydrogen (secondary N) is 1. The number of benzene rings is 1. The molecule has 13 heavy (non-hydrogen) atoms. The minimum absolute atomic E-state index is 0.00884. The second-order valence-electron chi connectivity index (χ2n) is 2.37. The lowest BCUT2D eigenvalue weighted by Crippen LogP contribution is -2.05. The summed E-state index contributed by atoms with van der Waals surface area (Å²) in [6.07, 6.45) is 0. The molecule has 5 heteroatoms. The summed E-state index contributed by atoms with van der Waals surface area (Å²) in [6.45, 7) is 0.430. The Morgan fingerprint density at radius 1 is 1.62 bits per heavy atom. The molecule has 1 aromatic rings. The van der Waals surface area contributed by atoms with Gasteiger partial charge in [-0.05, 0) is 6.07 Å². The van der Waals surface area contributed by atoms with Crippen molar-refractivity contribution in [2.24, 2.45) is 0 Å². The minimum Gasteiger partial charge on any atom is -0.395 e. The fourth-order valence-corrected chi connectivity index (χ4v) is 0.831. The van der Waals surface area contributed by atoms with E-state index in [0.717, 1.165) is 0 Å². The molecule has 0 aliphatic rings. The topological polar surface area (TPSA) is 75.4 Å². The van der Waals surface area contributed by atoms with E-state index in [1.54, 1.807) is 6.07 Å². The van der Waals surface area contributed by atoms with Gasteiger partial charge in [0.25, 0.3) is 5.69 Å². The molecule has 0 fully saturated rings. The maximum absolute atomic E-state index is 10.3. The van der Waals surface area contributed by atoms with Crippen LogP contribution in [0.5, 0.6) is 0 Å². The van der Waals surface area contributed by atoms with Gasteiger partial charge >= 0.3 is 0 Å². The van der Waals surface area contributed by atoms with Crippen LogP contribution in [0.3, 0.4) is 0 Å². The van der Waals surface area contributed by atoms with Crippen molar-refractivity contribution in [3.8, 4) is 0 Å². The summed E-state index contributed by atoms with van der Waals surface area (Å²) in [7, 11) is 0. The first-order chi connectivity index (χ1) is 6.24. The summed E-state index contributed by atoms with van der Waals surface area (Å²) < 4.78 is 0. The zero-order chi connectivity index (χ0) is 9.68. The Bertz CT molecular complexity index is 284. The van der Waals surface area contributed by atoms with Gasteiger partial charge < -0.3 is 10.4 Å². The standard InChI is InChI=1S/C8H9N2O3/c11-6-5-9-7-1-3-8(4-2-7)10(12)13/h1,3-4,9,11H,5-6H2. The van der Waals surface area contributed by atoms with E-state index in [0.29, 0.717) is 12.2 Å². The Hall–Kier alpha value is -1.62. The molecule has 0 saturated carbocycles. The second-order valence-corrected chi connectivity index (χ2v) is 2.37. The van der Waals surface area contributed by atoms with E-state index in [1.165, 1.54) is 12.1 Å². The van der Waals surface area contributed by atoms with Gasteiger partial charge in [-0.2, -0.15) is 0 Å². The van der Waals surface area contributed by atoms with Crippen LogP contribution in [0.2, 0.25) is 0 Å². The fourth-order valence-electron chi connectivity index (χ4n) is 0.831. The molecule has 5 nitrogen and oxygen atoms in total. The number of non-ortho nitro benzene ring substituents is 1. The van der Waals surface area contributed by atoms with Crippen LogP contribution in [-0.4, -0.2) is 23.2 Å². The highest BCUT2D eigenvalue weighted by Crippen LogP contribution is 2.13. The summed E-state index contributed by atoms with van der Waals surface area (Å²) in [6, 6.07) is 6.92. The molecule has 0 aliphatic carbocycles. The van der Waals surface area contributed by atoms with E-state index in [2.05, 4.69) is 11.4 Å². The monoisotopic (exact) mass is 181 g/mol. The van der Waals surface area contributed by atoms with E-state index in [1.807, 2.05) is 0 Å². The number of hydrogen-bond donors (Lipinski definition) is 2. The molecular formula is C8H9N2O3. The zero-order valence-electron chi connectivity index (χ0n) is 6.86. The summed E-state index contributed by atoms with van der Waals surface area (Å²) in [5.41, 5.74) is 0.647. The lowest BCUT2D eigenvalue weighted by atomic mass is 10.3. The van der Waals surface area contributed by atoms with E-state index in [4.69, 9.17) is 5.11 Å². The highest BCUT2D eigenvalue weighted by Gasteiger charge is 2.03. The first-order valence-corrected chi connectivity index (χ1v) is 3.75. The average molecular weight is 181 g/mol. The smallest absolute Gasteiger partial charge is 0.270 e. The molecule has 1 rings (SSSR count). The van der Waals surface area contributed by atoms with Gasteiger partial charge in [0.2, 0.25) is 0 Å². The molecule has 0 aliphatic heterocycles. The minimum atomic E-state index is -0.480. The van der Waals surface area contributed by atoms with Gasteiger partial charge in [-0.25, -0.2) is 0 Å². The Balaban J connectivity index is 2.64. The van der Waals surface area contributed by atoms with Crippen LogP contribution >= 0.6 is 0 Å². The van der Waals surface area contributed by atoms with Gasteiger partial charge in [-0.3, -0.25) is 10.1 Å². The van der Waals surface area contributed by atoms with Crippen molar-refractivity contribution in [2.75, 3.05) is 18.5 Å². The summed E-state index contributed by atoms with van der Waals surface area (Å²) in [5.74, 6) is 0. The molecule has 0 spiro atoms. The number of rotatable bonds is 4. The summed E-state index contributed by atoms with van der Waals surface area (Å²) >= 11 is 0. The Morgan fingerprint density at radius 2 is 2.38 bits per heavy atom. The average Bonchev–Trinajstić information content (AvgIpc) is 2.15. The van der Waals surface area contributed by atoms with Gasteiger partial charge in [-0.15, -0.1) is 0 Å². The normalized spacial score (nSPS) is 9.62. The van der Waals surface area contributed by atoms with E-state index in [9.17, 15) is 10.1 Å². The zero-order valence-corrected chi connectivity index (χ0v) is 6.86. The van der Waals surface area contributed by atoms with Crippen LogP contribution < -0.4 is 5.32 Å². The fraction of sp³-hybridized carbons (Fsp3) is 0.250. The van der Waals surface area contributed by atoms with E-state index < -0.39 is 4.92 Å². The van der Waals surface area contributed by atoms with Gasteiger partial charge in [-0.1, -0.05) is 0 Å². The SMILES string of the molecule is O=[N+]([O-])c1c[c]c(NCCO)cc1. The molecule has 0 aromatic heterocycles. The van der Waals surface area contributed by atoms with Crippen molar-refractivity contribution in [1.82, 2.24) is 0 Å². The van der Waals surface area contributed by atoms with Crippen molar-refractivity contribution in [3.63, 3.8) is 0 Å². The maximum atomic E-state index is 10.3. The number of aliphatic hydroxyl groups is 1. The third-order valence-corrected chi connectivity index (χ3v) is 1.43. The first kappa shape index (κ1) is 9.47. The number of nitro benzene ring substituents is 1. The molecule has 0 saturated heterocycles. The Morgan fingerprint density at radius 3 is 2.85 bits per heavy atom. The molecule has 0 unspecified atom stereocenters. The van der Waals surface area contributed by atoms with Crippen LogP contribution in [0.4, 0.5) is 11.4 Å². The third-order valence-electron chi connectivity index (χ3n) is 1.43. The highest BCUT2D eigenvalue weighted by molar-refractivity contribution is 5.47. The predicted octanol–water partition coefficient (Wildman–Crippen LogP) is 0.799. The lowest BCUT2D eigenvalue weighted by Gasteiger charge is -2.01. The number of aliphatic hydroxyl groups excluding tert-OH is 1. The maximum Gasteiger partial charge on any atom is 0.270 e. The van der Waals surface area contributed by atoms with Crippen LogP contribution in [0.15, 0.2) is 18.2 Å². The molecule has 0 heterocycles. The van der Waals surface area contributed by atoms with Crippen LogP contribution in [0, 0.1) is 16.2 Å². The predicted molar refractivity (Wildman–Crippen MR) is 47.5 cm³/mol. The van der Waals surface area contributed by atoms with Crippen molar-refractivity contribution in [3.05, 3.63) is 34.4 Å². The summed E-state index contributed by atoms with van der Waals surface area (Å²) in [5, 5.41) is 21.6. The van der Waals surface area contributed by atoms with Crippen LogP contribution in [-0.2, 0) is 0 Å². The lowest BCUT2D eigenvalue weighted by molar-refractivity contribution is -0.384. The van der Waals surface area contributed by atoms with Crippen molar-refractivity contribution >= 4 is 11.4 Å². The second kappa shape index (κ2) is 4.42. The van der Waals surface area contributed by atoms with E-state index >= 15 is 0 Å². The molecule has 0 amide bonds. The van der Waals surface area contributed by atoms with Crippen molar-refractivity contribution in [2.45, 2.75) is 0 Å². The number of hydrogen-bond acceptors (Lipinski definition) is 4. The van der Waals surface area contributed by atoms with E-state index in [-0.39, 0.29) is 12.3 Å². The molecule has 1 radical (unpaired) electrons. The molecule has 0 atom stereocenters. The molecule has 0 bridgehead atoms. The van der Waals surface area contributed by atoms with Gasteiger partial charge in [0, 0.05) is 30.4 Å². The summed E-state index contributed by atoms with van der Waals surface area (Å²) in [4.78, 5) is 9.77.